The van der Waals surface area contributed by atoms with Gasteiger partial charge in [0.15, 0.2) is 11.5 Å². The molecule has 1 heterocycles. The molecule has 1 fully saturated rings. The third-order valence-corrected chi connectivity index (χ3v) is 5.03. The summed E-state index contributed by atoms with van der Waals surface area (Å²) < 4.78 is 10.6. The Hall–Kier alpha value is -1.75. The first-order valence-corrected chi connectivity index (χ1v) is 9.06. The average Bonchev–Trinajstić information content (AvgIpc) is 3.08. The number of aliphatic hydroxyl groups is 1. The molecule has 2 N–H and O–H groups in total. The van der Waals surface area contributed by atoms with E-state index in [2.05, 4.69) is 5.32 Å². The van der Waals surface area contributed by atoms with Gasteiger partial charge in [-0.05, 0) is 36.5 Å². The number of ether oxygens (including phenoxy) is 2. The van der Waals surface area contributed by atoms with E-state index in [0.717, 1.165) is 17.9 Å². The molecular formula is C19H27NO4. The molecule has 5 heteroatoms. The summed E-state index contributed by atoms with van der Waals surface area (Å²) in [7, 11) is 0. The number of aliphatic hydroxyl groups excluding tert-OH is 1. The first-order chi connectivity index (χ1) is 11.7. The minimum absolute atomic E-state index is 0.0958. The van der Waals surface area contributed by atoms with E-state index in [9.17, 15) is 9.90 Å². The van der Waals surface area contributed by atoms with Gasteiger partial charge >= 0.3 is 0 Å². The Kier molecular flexibility index (Phi) is 5.96. The van der Waals surface area contributed by atoms with Crippen LogP contribution in [0.1, 0.15) is 63.0 Å². The van der Waals surface area contributed by atoms with Crippen molar-refractivity contribution in [1.82, 2.24) is 5.32 Å². The Morgan fingerprint density at radius 2 is 2.00 bits per heavy atom. The van der Waals surface area contributed by atoms with Crippen LogP contribution in [-0.2, 0) is 4.79 Å². The summed E-state index contributed by atoms with van der Waals surface area (Å²) in [6.07, 6.45) is 8.00. The Morgan fingerprint density at radius 1 is 1.21 bits per heavy atom. The molecule has 3 rings (SSSR count). The van der Waals surface area contributed by atoms with Crippen molar-refractivity contribution >= 4 is 5.91 Å². The molecule has 0 saturated heterocycles. The number of nitrogens with one attached hydrogen (secondary N) is 1. The molecule has 1 aromatic rings. The number of carbonyl (C=O) groups excluding carboxylic acids is 1. The fourth-order valence-corrected chi connectivity index (χ4v) is 3.53. The van der Waals surface area contributed by atoms with Crippen LogP contribution in [-0.4, -0.2) is 24.4 Å². The molecule has 1 unspecified atom stereocenters. The first-order valence-electron chi connectivity index (χ1n) is 9.06. The van der Waals surface area contributed by atoms with Gasteiger partial charge in [-0.3, -0.25) is 4.79 Å². The maximum atomic E-state index is 11.9. The lowest BCUT2D eigenvalue weighted by atomic mass is 9.86. The third kappa shape index (κ3) is 4.63. The van der Waals surface area contributed by atoms with Crippen LogP contribution in [0, 0.1) is 5.92 Å². The molecule has 1 aliphatic heterocycles. The fourth-order valence-electron chi connectivity index (χ4n) is 3.53. The maximum Gasteiger partial charge on any atom is 0.231 e. The topological polar surface area (TPSA) is 67.8 Å². The normalized spacial score (nSPS) is 18.4. The highest BCUT2D eigenvalue weighted by atomic mass is 16.7. The van der Waals surface area contributed by atoms with Gasteiger partial charge in [-0.2, -0.15) is 0 Å². The molecule has 1 amide bonds. The molecule has 2 aliphatic rings. The van der Waals surface area contributed by atoms with Gasteiger partial charge in [-0.15, -0.1) is 0 Å². The van der Waals surface area contributed by atoms with Crippen molar-refractivity contribution in [2.75, 3.05) is 13.3 Å². The van der Waals surface area contributed by atoms with Crippen LogP contribution in [0.25, 0.3) is 0 Å². The van der Waals surface area contributed by atoms with E-state index in [1.54, 1.807) is 6.07 Å². The average molecular weight is 333 g/mol. The molecule has 1 saturated carbocycles. The molecule has 1 aromatic carbocycles. The molecule has 1 aliphatic carbocycles. The SMILES string of the molecule is O=C(CCC1CCCCC1)NCCC(O)c1ccc2c(c1)OCO2. The van der Waals surface area contributed by atoms with Gasteiger partial charge < -0.3 is 19.9 Å². The Bertz CT molecular complexity index is 554. The van der Waals surface area contributed by atoms with Crippen molar-refractivity contribution < 1.29 is 19.4 Å². The smallest absolute Gasteiger partial charge is 0.231 e. The summed E-state index contributed by atoms with van der Waals surface area (Å²) in [4.78, 5) is 11.9. The van der Waals surface area contributed by atoms with E-state index in [1.807, 2.05) is 12.1 Å². The number of carbonyl (C=O) groups is 1. The number of hydrogen-bond donors (Lipinski definition) is 2. The zero-order valence-corrected chi connectivity index (χ0v) is 14.1. The Balaban J connectivity index is 1.35. The van der Waals surface area contributed by atoms with E-state index in [1.165, 1.54) is 32.1 Å². The monoisotopic (exact) mass is 333 g/mol. The highest BCUT2D eigenvalue weighted by molar-refractivity contribution is 5.75. The van der Waals surface area contributed by atoms with Gasteiger partial charge in [-0.1, -0.05) is 38.2 Å². The number of fused-ring (bicyclic) bond motifs is 1. The zero-order valence-electron chi connectivity index (χ0n) is 14.1. The number of benzene rings is 1. The predicted octanol–water partition coefficient (Wildman–Crippen LogP) is 3.32. The van der Waals surface area contributed by atoms with Crippen molar-refractivity contribution in [3.63, 3.8) is 0 Å². The molecule has 24 heavy (non-hydrogen) atoms. The summed E-state index contributed by atoms with van der Waals surface area (Å²) in [5.41, 5.74) is 0.788. The van der Waals surface area contributed by atoms with Gasteiger partial charge in [0.1, 0.15) is 0 Å². The minimum atomic E-state index is -0.613. The molecule has 5 nitrogen and oxygen atoms in total. The number of rotatable bonds is 7. The lowest BCUT2D eigenvalue weighted by Gasteiger charge is -2.21. The summed E-state index contributed by atoms with van der Waals surface area (Å²) in [5, 5.41) is 13.2. The van der Waals surface area contributed by atoms with E-state index < -0.39 is 6.10 Å². The maximum absolute atomic E-state index is 11.9. The molecule has 0 spiro atoms. The van der Waals surface area contributed by atoms with Crippen molar-refractivity contribution in [3.05, 3.63) is 23.8 Å². The van der Waals surface area contributed by atoms with Crippen LogP contribution in [0.5, 0.6) is 11.5 Å². The van der Waals surface area contributed by atoms with Crippen LogP contribution in [0.15, 0.2) is 18.2 Å². The molecule has 0 aromatic heterocycles. The van der Waals surface area contributed by atoms with E-state index >= 15 is 0 Å². The second kappa shape index (κ2) is 8.38. The first kappa shape index (κ1) is 17.1. The summed E-state index contributed by atoms with van der Waals surface area (Å²) in [5.74, 6) is 2.20. The summed E-state index contributed by atoms with van der Waals surface area (Å²) >= 11 is 0. The van der Waals surface area contributed by atoms with Crippen LogP contribution < -0.4 is 14.8 Å². The highest BCUT2D eigenvalue weighted by Crippen LogP contribution is 2.34. The third-order valence-electron chi connectivity index (χ3n) is 5.03. The predicted molar refractivity (Wildman–Crippen MR) is 91.0 cm³/mol. The summed E-state index contributed by atoms with van der Waals surface area (Å²) in [6, 6.07) is 5.45. The number of hydrogen-bond acceptors (Lipinski definition) is 4. The van der Waals surface area contributed by atoms with E-state index in [-0.39, 0.29) is 12.7 Å². The van der Waals surface area contributed by atoms with Crippen molar-refractivity contribution in [3.8, 4) is 11.5 Å². The molecule has 1 atom stereocenters. The molecular weight excluding hydrogens is 306 g/mol. The quantitative estimate of drug-likeness (QED) is 0.803. The molecule has 0 bridgehead atoms. The van der Waals surface area contributed by atoms with Crippen molar-refractivity contribution in [2.45, 2.75) is 57.5 Å². The van der Waals surface area contributed by atoms with E-state index in [4.69, 9.17) is 9.47 Å². The van der Waals surface area contributed by atoms with E-state index in [0.29, 0.717) is 30.9 Å². The fraction of sp³-hybridized carbons (Fsp3) is 0.632. The largest absolute Gasteiger partial charge is 0.454 e. The molecule has 0 radical (unpaired) electrons. The van der Waals surface area contributed by atoms with Crippen LogP contribution in [0.2, 0.25) is 0 Å². The summed E-state index contributed by atoms with van der Waals surface area (Å²) in [6.45, 7) is 0.713. The number of amides is 1. The minimum Gasteiger partial charge on any atom is -0.454 e. The molecule has 132 valence electrons. The van der Waals surface area contributed by atoms with Crippen molar-refractivity contribution in [2.24, 2.45) is 5.92 Å². The van der Waals surface area contributed by atoms with Crippen LogP contribution >= 0.6 is 0 Å². The lowest BCUT2D eigenvalue weighted by Crippen LogP contribution is -2.26. The van der Waals surface area contributed by atoms with Gasteiger partial charge in [-0.25, -0.2) is 0 Å². The van der Waals surface area contributed by atoms with Gasteiger partial charge in [0.25, 0.3) is 0 Å². The van der Waals surface area contributed by atoms with Crippen LogP contribution in [0.3, 0.4) is 0 Å². The van der Waals surface area contributed by atoms with Gasteiger partial charge in [0.05, 0.1) is 6.10 Å². The Labute approximate surface area is 143 Å². The van der Waals surface area contributed by atoms with Crippen LogP contribution in [0.4, 0.5) is 0 Å². The zero-order chi connectivity index (χ0) is 16.8. The highest BCUT2D eigenvalue weighted by Gasteiger charge is 2.17. The second-order valence-corrected chi connectivity index (χ2v) is 6.81. The van der Waals surface area contributed by atoms with Crippen molar-refractivity contribution in [1.29, 1.82) is 0 Å². The standard InChI is InChI=1S/C19H27NO4/c21-16(15-7-8-17-18(12-15)24-13-23-17)10-11-20-19(22)9-6-14-4-2-1-3-5-14/h7-8,12,14,16,21H,1-6,9-11,13H2,(H,20,22). The lowest BCUT2D eigenvalue weighted by molar-refractivity contribution is -0.121. The van der Waals surface area contributed by atoms with Gasteiger partial charge in [0.2, 0.25) is 12.7 Å². The second-order valence-electron chi connectivity index (χ2n) is 6.81. The Morgan fingerprint density at radius 3 is 2.83 bits per heavy atom. The van der Waals surface area contributed by atoms with Gasteiger partial charge in [0, 0.05) is 13.0 Å².